The van der Waals surface area contributed by atoms with Crippen LogP contribution in [0.15, 0.2) is 60.0 Å². The average molecular weight is 414 g/mol. The molecule has 2 aromatic rings. The summed E-state index contributed by atoms with van der Waals surface area (Å²) < 4.78 is 30.8. The van der Waals surface area contributed by atoms with E-state index in [1.807, 2.05) is 6.07 Å². The Balaban J connectivity index is 1.44. The van der Waals surface area contributed by atoms with Gasteiger partial charge in [0.15, 0.2) is 0 Å². The molecule has 0 radical (unpaired) electrons. The van der Waals surface area contributed by atoms with Crippen molar-refractivity contribution in [1.29, 1.82) is 0 Å². The van der Waals surface area contributed by atoms with Crippen molar-refractivity contribution in [3.05, 3.63) is 76.7 Å². The number of nitrogens with zero attached hydrogens (tertiary/aromatic N) is 1. The van der Waals surface area contributed by atoms with Crippen LogP contribution in [-0.2, 0) is 19.6 Å². The van der Waals surface area contributed by atoms with Crippen molar-refractivity contribution in [2.24, 2.45) is 0 Å². The zero-order chi connectivity index (χ0) is 20.9. The molecule has 0 aromatic heterocycles. The van der Waals surface area contributed by atoms with Crippen molar-refractivity contribution in [3.8, 4) is 0 Å². The highest BCUT2D eigenvalue weighted by molar-refractivity contribution is 7.92. The summed E-state index contributed by atoms with van der Waals surface area (Å²) in [4.78, 5) is 37.1. The van der Waals surface area contributed by atoms with Crippen LogP contribution in [0, 0.1) is 0 Å². The number of carbonyl (C=O) groups is 3. The molecule has 0 fully saturated rings. The molecule has 3 rings (SSSR count). The van der Waals surface area contributed by atoms with Crippen LogP contribution in [0.5, 0.6) is 0 Å². The molecule has 1 heterocycles. The topological polar surface area (TPSA) is 110 Å². The summed E-state index contributed by atoms with van der Waals surface area (Å²) in [5.41, 5.74) is 1.31. The van der Waals surface area contributed by atoms with Crippen molar-refractivity contribution in [2.75, 3.05) is 19.7 Å². The Bertz CT molecular complexity index is 1030. The van der Waals surface area contributed by atoms with E-state index in [-0.39, 0.29) is 13.2 Å². The van der Waals surface area contributed by atoms with Crippen LogP contribution >= 0.6 is 0 Å². The zero-order valence-electron chi connectivity index (χ0n) is 15.3. The van der Waals surface area contributed by atoms with Crippen LogP contribution in [0.1, 0.15) is 26.3 Å². The molecule has 29 heavy (non-hydrogen) atoms. The molecule has 0 aliphatic carbocycles. The summed E-state index contributed by atoms with van der Waals surface area (Å²) in [5.74, 6) is -1.72. The lowest BCUT2D eigenvalue weighted by Gasteiger charge is -2.13. The van der Waals surface area contributed by atoms with E-state index in [4.69, 9.17) is 4.74 Å². The number of esters is 1. The molecule has 0 unspecified atom stereocenters. The number of sulfonamides is 1. The number of carbonyl (C=O) groups excluding carboxylic acids is 3. The van der Waals surface area contributed by atoms with E-state index >= 15 is 0 Å². The van der Waals surface area contributed by atoms with Crippen LogP contribution in [0.4, 0.5) is 0 Å². The largest absolute Gasteiger partial charge is 0.463 e. The third-order valence-corrected chi connectivity index (χ3v) is 5.15. The van der Waals surface area contributed by atoms with Gasteiger partial charge < -0.3 is 4.74 Å². The molecule has 2 aromatic carbocycles. The number of ether oxygens (including phenoxy) is 1. The molecule has 0 atom stereocenters. The van der Waals surface area contributed by atoms with E-state index in [0.717, 1.165) is 10.3 Å². The van der Waals surface area contributed by atoms with Crippen LogP contribution in [0.25, 0.3) is 6.08 Å². The SMILES string of the molecule is O=C(CNS(=O)(=O)/C=C/c1ccccc1)OCCN1C(=O)c2ccccc2C1=O. The molecule has 0 bridgehead atoms. The van der Waals surface area contributed by atoms with E-state index in [9.17, 15) is 22.8 Å². The van der Waals surface area contributed by atoms with Gasteiger partial charge in [0.25, 0.3) is 11.8 Å². The molecule has 1 aliphatic heterocycles. The summed E-state index contributed by atoms with van der Waals surface area (Å²) in [5, 5.41) is 0.953. The molecule has 8 nitrogen and oxygen atoms in total. The van der Waals surface area contributed by atoms with Gasteiger partial charge in [-0.15, -0.1) is 0 Å². The highest BCUT2D eigenvalue weighted by Crippen LogP contribution is 2.21. The summed E-state index contributed by atoms with van der Waals surface area (Å²) in [6.45, 7) is -0.909. The number of hydrogen-bond acceptors (Lipinski definition) is 6. The fraction of sp³-hybridized carbons (Fsp3) is 0.150. The number of imide groups is 1. The molecule has 0 saturated heterocycles. The minimum absolute atomic E-state index is 0.112. The van der Waals surface area contributed by atoms with Crippen molar-refractivity contribution >= 4 is 33.9 Å². The summed E-state index contributed by atoms with van der Waals surface area (Å²) in [7, 11) is -3.82. The highest BCUT2D eigenvalue weighted by Gasteiger charge is 2.34. The highest BCUT2D eigenvalue weighted by atomic mass is 32.2. The van der Waals surface area contributed by atoms with Gasteiger partial charge in [0.1, 0.15) is 13.2 Å². The minimum Gasteiger partial charge on any atom is -0.463 e. The summed E-state index contributed by atoms with van der Waals surface area (Å²) in [6.07, 6.45) is 1.40. The first-order valence-corrected chi connectivity index (χ1v) is 10.3. The van der Waals surface area contributed by atoms with Gasteiger partial charge in [-0.1, -0.05) is 42.5 Å². The second-order valence-corrected chi connectivity index (χ2v) is 7.76. The van der Waals surface area contributed by atoms with Crippen molar-refractivity contribution in [1.82, 2.24) is 9.62 Å². The standard InChI is InChI=1S/C20H18N2O6S/c23-18(14-21-29(26,27)13-10-15-6-2-1-3-7-15)28-12-11-22-19(24)16-8-4-5-9-17(16)20(22)25/h1-10,13,21H,11-12,14H2/b13-10+. The third-order valence-electron chi connectivity index (χ3n) is 4.11. The Morgan fingerprint density at radius 2 is 1.55 bits per heavy atom. The normalized spacial score (nSPS) is 13.7. The van der Waals surface area contributed by atoms with Gasteiger partial charge in [-0.25, -0.2) is 13.1 Å². The molecular weight excluding hydrogens is 396 g/mol. The molecule has 150 valence electrons. The van der Waals surface area contributed by atoms with E-state index in [0.29, 0.717) is 16.7 Å². The van der Waals surface area contributed by atoms with E-state index < -0.39 is 34.4 Å². The van der Waals surface area contributed by atoms with Crippen LogP contribution in [0.2, 0.25) is 0 Å². The van der Waals surface area contributed by atoms with Crippen LogP contribution in [0.3, 0.4) is 0 Å². The van der Waals surface area contributed by atoms with Crippen molar-refractivity contribution < 1.29 is 27.5 Å². The van der Waals surface area contributed by atoms with E-state index in [2.05, 4.69) is 4.72 Å². The monoisotopic (exact) mass is 414 g/mol. The van der Waals surface area contributed by atoms with Crippen LogP contribution in [-0.4, -0.2) is 50.8 Å². The molecule has 9 heteroatoms. The van der Waals surface area contributed by atoms with E-state index in [1.54, 1.807) is 48.5 Å². The summed E-state index contributed by atoms with van der Waals surface area (Å²) >= 11 is 0. The Hall–Kier alpha value is -3.30. The Labute approximate surface area is 167 Å². The second-order valence-electron chi connectivity index (χ2n) is 6.11. The number of amides is 2. The second kappa shape index (κ2) is 8.80. The molecule has 0 saturated carbocycles. The van der Waals surface area contributed by atoms with E-state index in [1.165, 1.54) is 6.08 Å². The first kappa shape index (κ1) is 20.4. The van der Waals surface area contributed by atoms with Gasteiger partial charge in [0, 0.05) is 5.41 Å². The number of benzene rings is 2. The first-order chi connectivity index (χ1) is 13.9. The van der Waals surface area contributed by atoms with Gasteiger partial charge in [-0.05, 0) is 23.8 Å². The Morgan fingerprint density at radius 1 is 0.966 bits per heavy atom. The molecule has 0 spiro atoms. The van der Waals surface area contributed by atoms with Gasteiger partial charge in [0.2, 0.25) is 10.0 Å². The number of fused-ring (bicyclic) bond motifs is 1. The maximum atomic E-state index is 12.2. The number of rotatable bonds is 8. The predicted molar refractivity (Wildman–Crippen MR) is 105 cm³/mol. The maximum absolute atomic E-state index is 12.2. The average Bonchev–Trinajstić information content (AvgIpc) is 2.97. The molecule has 2 amide bonds. The maximum Gasteiger partial charge on any atom is 0.321 e. The molecule has 1 aliphatic rings. The lowest BCUT2D eigenvalue weighted by molar-refractivity contribution is -0.142. The number of nitrogens with one attached hydrogen (secondary N) is 1. The Kier molecular flexibility index (Phi) is 6.20. The zero-order valence-corrected chi connectivity index (χ0v) is 16.1. The lowest BCUT2D eigenvalue weighted by atomic mass is 10.1. The summed E-state index contributed by atoms with van der Waals surface area (Å²) in [6, 6.07) is 15.2. The fourth-order valence-corrected chi connectivity index (χ4v) is 3.44. The van der Waals surface area contributed by atoms with Crippen molar-refractivity contribution in [2.45, 2.75) is 0 Å². The quantitative estimate of drug-likeness (QED) is 0.517. The van der Waals surface area contributed by atoms with Gasteiger partial charge >= 0.3 is 5.97 Å². The molecule has 1 N–H and O–H groups in total. The number of hydrogen-bond donors (Lipinski definition) is 1. The van der Waals surface area contributed by atoms with Gasteiger partial charge in [-0.2, -0.15) is 0 Å². The van der Waals surface area contributed by atoms with Gasteiger partial charge in [0.05, 0.1) is 17.7 Å². The third kappa shape index (κ3) is 5.15. The minimum atomic E-state index is -3.82. The first-order valence-electron chi connectivity index (χ1n) is 8.71. The van der Waals surface area contributed by atoms with Gasteiger partial charge in [-0.3, -0.25) is 19.3 Å². The fourth-order valence-electron chi connectivity index (χ4n) is 2.68. The van der Waals surface area contributed by atoms with Crippen LogP contribution < -0.4 is 4.72 Å². The van der Waals surface area contributed by atoms with Crippen molar-refractivity contribution in [3.63, 3.8) is 0 Å². The lowest BCUT2D eigenvalue weighted by Crippen LogP contribution is -2.35. The smallest absolute Gasteiger partial charge is 0.321 e. The molecular formula is C20H18N2O6S. The Morgan fingerprint density at radius 3 is 2.17 bits per heavy atom. The predicted octanol–water partition coefficient (Wildman–Crippen LogP) is 1.42.